The predicted octanol–water partition coefficient (Wildman–Crippen LogP) is 6.60. The number of rotatable bonds is 9. The van der Waals surface area contributed by atoms with Gasteiger partial charge < -0.3 is 24.3 Å². The van der Waals surface area contributed by atoms with E-state index in [1.807, 2.05) is 93.6 Å². The zero-order chi connectivity index (χ0) is 29.8. The smallest absolute Gasteiger partial charge is 0.337 e. The van der Waals surface area contributed by atoms with Gasteiger partial charge in [-0.05, 0) is 62.4 Å². The predicted molar refractivity (Wildman–Crippen MR) is 161 cm³/mol. The van der Waals surface area contributed by atoms with E-state index in [1.165, 1.54) is 0 Å². The van der Waals surface area contributed by atoms with Crippen molar-refractivity contribution >= 4 is 11.8 Å². The van der Waals surface area contributed by atoms with E-state index in [1.54, 1.807) is 14.2 Å². The van der Waals surface area contributed by atoms with E-state index in [2.05, 4.69) is 5.32 Å². The molecule has 0 unspecified atom stereocenters. The third kappa shape index (κ3) is 5.91. The van der Waals surface area contributed by atoms with Gasteiger partial charge in [-0.2, -0.15) is 0 Å². The molecule has 0 bridgehead atoms. The summed E-state index contributed by atoms with van der Waals surface area (Å²) in [6.07, 6.45) is 0.588. The largest absolute Gasteiger partial charge is 0.493 e. The van der Waals surface area contributed by atoms with Gasteiger partial charge in [0.2, 0.25) is 0 Å². The average Bonchev–Trinajstić information content (AvgIpc) is 2.99. The molecule has 7 heteroatoms. The lowest BCUT2D eigenvalue weighted by Crippen LogP contribution is -2.36. The first-order valence-electron chi connectivity index (χ1n) is 14.2. The molecule has 0 amide bonds. The first-order valence-corrected chi connectivity index (χ1v) is 14.2. The lowest BCUT2D eigenvalue weighted by molar-refractivity contribution is -0.143. The van der Waals surface area contributed by atoms with Crippen molar-refractivity contribution in [2.75, 3.05) is 14.2 Å². The maximum Gasteiger partial charge on any atom is 0.337 e. The van der Waals surface area contributed by atoms with Gasteiger partial charge in [-0.15, -0.1) is 0 Å². The summed E-state index contributed by atoms with van der Waals surface area (Å²) in [6, 6.07) is 23.3. The Morgan fingerprint density at radius 2 is 1.62 bits per heavy atom. The summed E-state index contributed by atoms with van der Waals surface area (Å²) in [5.74, 6) is 0.726. The van der Waals surface area contributed by atoms with E-state index in [4.69, 9.17) is 18.9 Å². The molecule has 5 rings (SSSR count). The molecule has 0 aromatic heterocycles. The maximum absolute atomic E-state index is 14.1. The Kier molecular flexibility index (Phi) is 8.67. The fraction of sp³-hybridized carbons (Fsp3) is 0.314. The fourth-order valence-electron chi connectivity index (χ4n) is 5.83. The van der Waals surface area contributed by atoms with E-state index in [0.717, 1.165) is 22.4 Å². The Hall–Kier alpha value is -4.52. The highest BCUT2D eigenvalue weighted by atomic mass is 16.5. The number of ether oxygens (including phenoxy) is 4. The summed E-state index contributed by atoms with van der Waals surface area (Å²) < 4.78 is 22.9. The van der Waals surface area contributed by atoms with Crippen molar-refractivity contribution in [2.24, 2.45) is 0 Å². The zero-order valence-electron chi connectivity index (χ0n) is 24.7. The summed E-state index contributed by atoms with van der Waals surface area (Å²) in [4.78, 5) is 27.7. The first kappa shape index (κ1) is 29.0. The van der Waals surface area contributed by atoms with E-state index in [-0.39, 0.29) is 17.8 Å². The molecule has 0 saturated carbocycles. The SMILES string of the molecule is COc1ccc([C@@H]2CC(=O)C3=C(C2)NC(C)=C(C(=O)OC(C)C)[C@H]3c2ccccc2OCc2ccccc2)cc1OC. The topological polar surface area (TPSA) is 83.1 Å². The molecule has 2 aliphatic rings. The normalized spacial score (nSPS) is 18.4. The third-order valence-corrected chi connectivity index (χ3v) is 7.74. The lowest BCUT2D eigenvalue weighted by Gasteiger charge is -2.37. The van der Waals surface area contributed by atoms with Gasteiger partial charge in [0.1, 0.15) is 12.4 Å². The van der Waals surface area contributed by atoms with Crippen LogP contribution >= 0.6 is 0 Å². The van der Waals surface area contributed by atoms with Gasteiger partial charge in [0.05, 0.1) is 31.8 Å². The van der Waals surface area contributed by atoms with Crippen LogP contribution < -0.4 is 19.5 Å². The molecule has 3 aromatic rings. The van der Waals surface area contributed by atoms with Crippen LogP contribution in [-0.2, 0) is 20.9 Å². The quantitative estimate of drug-likeness (QED) is 0.292. The number of benzene rings is 3. The molecule has 7 nitrogen and oxygen atoms in total. The molecule has 0 saturated heterocycles. The molecule has 0 spiro atoms. The first-order chi connectivity index (χ1) is 20.3. The van der Waals surface area contributed by atoms with Gasteiger partial charge in [-0.1, -0.05) is 54.6 Å². The minimum absolute atomic E-state index is 0.0197. The summed E-state index contributed by atoms with van der Waals surface area (Å²) in [7, 11) is 3.20. The van der Waals surface area contributed by atoms with Crippen molar-refractivity contribution in [3.8, 4) is 17.2 Å². The molecular weight excluding hydrogens is 530 g/mol. The van der Waals surface area contributed by atoms with Crippen LogP contribution in [0, 0.1) is 0 Å². The highest BCUT2D eigenvalue weighted by Crippen LogP contribution is 2.48. The molecular formula is C35H37NO6. The average molecular weight is 568 g/mol. The van der Waals surface area contributed by atoms with Crippen LogP contribution in [0.1, 0.15) is 62.1 Å². The number of para-hydroxylation sites is 1. The summed E-state index contributed by atoms with van der Waals surface area (Å²) in [6.45, 7) is 5.87. The zero-order valence-corrected chi connectivity index (χ0v) is 24.7. The van der Waals surface area contributed by atoms with Gasteiger partial charge in [-0.25, -0.2) is 4.79 Å². The highest BCUT2D eigenvalue weighted by Gasteiger charge is 2.42. The number of nitrogens with one attached hydrogen (secondary N) is 1. The van der Waals surface area contributed by atoms with Crippen LogP contribution in [-0.4, -0.2) is 32.1 Å². The fourth-order valence-corrected chi connectivity index (χ4v) is 5.83. The number of methoxy groups -OCH3 is 2. The monoisotopic (exact) mass is 567 g/mol. The second-order valence-corrected chi connectivity index (χ2v) is 10.9. The van der Waals surface area contributed by atoms with Gasteiger partial charge in [0.15, 0.2) is 17.3 Å². The van der Waals surface area contributed by atoms with Crippen molar-refractivity contribution in [2.45, 2.75) is 58.2 Å². The van der Waals surface area contributed by atoms with Gasteiger partial charge in [0, 0.05) is 29.0 Å². The van der Waals surface area contributed by atoms with Gasteiger partial charge in [0.25, 0.3) is 0 Å². The van der Waals surface area contributed by atoms with Gasteiger partial charge in [-0.3, -0.25) is 4.79 Å². The number of Topliss-reactive ketones (excluding diaryl/α,β-unsaturated/α-hetero) is 1. The molecule has 218 valence electrons. The van der Waals surface area contributed by atoms with Crippen molar-refractivity contribution in [3.63, 3.8) is 0 Å². The van der Waals surface area contributed by atoms with Crippen molar-refractivity contribution in [3.05, 3.63) is 112 Å². The van der Waals surface area contributed by atoms with E-state index >= 15 is 0 Å². The highest BCUT2D eigenvalue weighted by molar-refractivity contribution is 6.04. The molecule has 1 heterocycles. The lowest BCUT2D eigenvalue weighted by atomic mass is 9.71. The van der Waals surface area contributed by atoms with Crippen LogP contribution in [0.4, 0.5) is 0 Å². The second-order valence-electron chi connectivity index (χ2n) is 10.9. The number of esters is 1. The minimum atomic E-state index is -0.627. The van der Waals surface area contributed by atoms with Crippen molar-refractivity contribution in [1.29, 1.82) is 0 Å². The van der Waals surface area contributed by atoms with Crippen LogP contribution in [0.25, 0.3) is 0 Å². The molecule has 2 atom stereocenters. The summed E-state index contributed by atoms with van der Waals surface area (Å²) in [5.41, 5.74) is 5.27. The Balaban J connectivity index is 1.56. The second kappa shape index (κ2) is 12.6. The van der Waals surface area contributed by atoms with Crippen molar-refractivity contribution < 1.29 is 28.5 Å². The molecule has 0 radical (unpaired) electrons. The molecule has 1 N–H and O–H groups in total. The number of hydrogen-bond donors (Lipinski definition) is 1. The van der Waals surface area contributed by atoms with Crippen LogP contribution in [0.2, 0.25) is 0 Å². The number of ketones is 1. The number of allylic oxidation sites excluding steroid dienone is 3. The van der Waals surface area contributed by atoms with Crippen LogP contribution in [0.15, 0.2) is 95.3 Å². The number of dihydropyridines is 1. The third-order valence-electron chi connectivity index (χ3n) is 7.74. The van der Waals surface area contributed by atoms with Crippen LogP contribution in [0.5, 0.6) is 17.2 Å². The Morgan fingerprint density at radius 1 is 0.905 bits per heavy atom. The molecule has 1 aliphatic carbocycles. The van der Waals surface area contributed by atoms with Crippen LogP contribution in [0.3, 0.4) is 0 Å². The summed E-state index contributed by atoms with van der Waals surface area (Å²) >= 11 is 0. The number of carbonyl (C=O) groups is 2. The van der Waals surface area contributed by atoms with Gasteiger partial charge >= 0.3 is 5.97 Å². The van der Waals surface area contributed by atoms with E-state index in [9.17, 15) is 9.59 Å². The van der Waals surface area contributed by atoms with E-state index in [0.29, 0.717) is 53.5 Å². The maximum atomic E-state index is 14.1. The minimum Gasteiger partial charge on any atom is -0.493 e. The molecule has 0 fully saturated rings. The Bertz CT molecular complexity index is 1540. The Labute approximate surface area is 247 Å². The Morgan fingerprint density at radius 3 is 2.33 bits per heavy atom. The number of carbonyl (C=O) groups excluding carboxylic acids is 2. The number of hydrogen-bond acceptors (Lipinski definition) is 7. The molecule has 3 aromatic carbocycles. The summed E-state index contributed by atoms with van der Waals surface area (Å²) in [5, 5.41) is 3.42. The van der Waals surface area contributed by atoms with Crippen molar-refractivity contribution in [1.82, 2.24) is 5.32 Å². The standard InChI is InChI=1S/C35H37NO6/c1-21(2)42-35(38)32-22(3)36-27-17-25(24-15-16-30(39-4)31(19-24)40-5)18-28(37)34(27)33(32)26-13-9-10-14-29(26)41-20-23-11-7-6-8-12-23/h6-16,19,21,25,33,36H,17-18,20H2,1-5H3/t25-,33+/m0/s1. The molecule has 1 aliphatic heterocycles. The molecule has 42 heavy (non-hydrogen) atoms. The van der Waals surface area contributed by atoms with E-state index < -0.39 is 11.9 Å².